The first kappa shape index (κ1) is 15.6. The fraction of sp³-hybridized carbons (Fsp3) is 0.308. The number of nitrogens with one attached hydrogen (secondary N) is 2. The molecule has 1 aromatic rings. The number of hydrogen-bond acceptors (Lipinski definition) is 4. The van der Waals surface area contributed by atoms with Gasteiger partial charge in [0.2, 0.25) is 0 Å². The molecule has 0 spiro atoms. The van der Waals surface area contributed by atoms with E-state index in [1.54, 1.807) is 42.3 Å². The van der Waals surface area contributed by atoms with Crippen molar-refractivity contribution in [1.82, 2.24) is 15.8 Å². The molecular formula is C13H17N3O4. The van der Waals surface area contributed by atoms with Crippen molar-refractivity contribution >= 4 is 17.8 Å². The number of carboxylic acid groups (broad SMARTS) is 1. The van der Waals surface area contributed by atoms with Crippen LogP contribution in [0.3, 0.4) is 0 Å². The van der Waals surface area contributed by atoms with Gasteiger partial charge in [0.15, 0.2) is 0 Å². The van der Waals surface area contributed by atoms with Crippen molar-refractivity contribution in [3.8, 4) is 0 Å². The summed E-state index contributed by atoms with van der Waals surface area (Å²) in [5.74, 6) is -1.75. The smallest absolute Gasteiger partial charge is 0.304 e. The van der Waals surface area contributed by atoms with E-state index in [4.69, 9.17) is 5.11 Å². The van der Waals surface area contributed by atoms with Crippen molar-refractivity contribution in [2.45, 2.75) is 6.42 Å². The summed E-state index contributed by atoms with van der Waals surface area (Å²) in [5, 5.41) is 8.51. The van der Waals surface area contributed by atoms with Crippen LogP contribution in [0.1, 0.15) is 16.8 Å². The largest absolute Gasteiger partial charge is 0.481 e. The number of aliphatic carboxylic acids is 1. The van der Waals surface area contributed by atoms with Gasteiger partial charge < -0.3 is 5.11 Å². The van der Waals surface area contributed by atoms with Gasteiger partial charge in [-0.15, -0.1) is 0 Å². The molecule has 0 saturated carbocycles. The number of carboxylic acids is 1. The third kappa shape index (κ3) is 5.96. The van der Waals surface area contributed by atoms with Gasteiger partial charge in [0, 0.05) is 12.1 Å². The maximum atomic E-state index is 11.6. The molecule has 0 unspecified atom stereocenters. The zero-order chi connectivity index (χ0) is 15.0. The van der Waals surface area contributed by atoms with E-state index in [1.807, 2.05) is 0 Å². The molecule has 1 aromatic carbocycles. The zero-order valence-electron chi connectivity index (χ0n) is 11.1. The summed E-state index contributed by atoms with van der Waals surface area (Å²) in [6.45, 7) is 0.262. The SMILES string of the molecule is CN(CCC(=O)O)CC(=O)NNC(=O)c1ccccc1. The fourth-order valence-electron chi connectivity index (χ4n) is 1.44. The second-order valence-electron chi connectivity index (χ2n) is 4.25. The lowest BCUT2D eigenvalue weighted by Gasteiger charge is -2.15. The van der Waals surface area contributed by atoms with Gasteiger partial charge in [0.1, 0.15) is 0 Å². The summed E-state index contributed by atoms with van der Waals surface area (Å²) in [7, 11) is 1.63. The van der Waals surface area contributed by atoms with Crippen LogP contribution in [0.2, 0.25) is 0 Å². The Morgan fingerprint density at radius 2 is 1.80 bits per heavy atom. The summed E-state index contributed by atoms with van der Waals surface area (Å²) < 4.78 is 0. The molecule has 0 aliphatic rings. The number of likely N-dealkylation sites (N-methyl/N-ethyl adjacent to an activating group) is 1. The molecule has 0 fully saturated rings. The molecule has 108 valence electrons. The number of hydrogen-bond donors (Lipinski definition) is 3. The van der Waals surface area contributed by atoms with E-state index in [-0.39, 0.29) is 19.5 Å². The Balaban J connectivity index is 2.29. The maximum Gasteiger partial charge on any atom is 0.304 e. The third-order valence-electron chi connectivity index (χ3n) is 2.47. The predicted molar refractivity (Wildman–Crippen MR) is 71.8 cm³/mol. The molecule has 0 radical (unpaired) electrons. The molecule has 20 heavy (non-hydrogen) atoms. The van der Waals surface area contributed by atoms with Crippen LogP contribution in [0, 0.1) is 0 Å². The van der Waals surface area contributed by atoms with Crippen molar-refractivity contribution in [2.24, 2.45) is 0 Å². The summed E-state index contributed by atoms with van der Waals surface area (Å²) in [5.41, 5.74) is 5.00. The summed E-state index contributed by atoms with van der Waals surface area (Å²) >= 11 is 0. The highest BCUT2D eigenvalue weighted by Crippen LogP contribution is 1.96. The van der Waals surface area contributed by atoms with Gasteiger partial charge in [-0.05, 0) is 19.2 Å². The lowest BCUT2D eigenvalue weighted by atomic mass is 10.2. The van der Waals surface area contributed by atoms with Crippen LogP contribution in [0.25, 0.3) is 0 Å². The van der Waals surface area contributed by atoms with Crippen LogP contribution in [-0.2, 0) is 9.59 Å². The van der Waals surface area contributed by atoms with E-state index in [9.17, 15) is 14.4 Å². The van der Waals surface area contributed by atoms with Crippen molar-refractivity contribution in [2.75, 3.05) is 20.1 Å². The first-order valence-corrected chi connectivity index (χ1v) is 6.03. The zero-order valence-corrected chi connectivity index (χ0v) is 11.1. The van der Waals surface area contributed by atoms with E-state index in [2.05, 4.69) is 10.9 Å². The monoisotopic (exact) mass is 279 g/mol. The molecule has 0 aliphatic heterocycles. The van der Waals surface area contributed by atoms with Gasteiger partial charge in [0.05, 0.1) is 13.0 Å². The average molecular weight is 279 g/mol. The van der Waals surface area contributed by atoms with Crippen LogP contribution < -0.4 is 10.9 Å². The number of hydrazine groups is 1. The quantitative estimate of drug-likeness (QED) is 0.629. The van der Waals surface area contributed by atoms with E-state index < -0.39 is 17.8 Å². The number of benzene rings is 1. The van der Waals surface area contributed by atoms with Gasteiger partial charge in [-0.2, -0.15) is 0 Å². The molecule has 2 amide bonds. The Kier molecular flexibility index (Phi) is 6.18. The van der Waals surface area contributed by atoms with E-state index >= 15 is 0 Å². The highest BCUT2D eigenvalue weighted by molar-refractivity contribution is 5.95. The number of rotatable bonds is 6. The Morgan fingerprint density at radius 1 is 1.15 bits per heavy atom. The van der Waals surface area contributed by atoms with Crippen LogP contribution in [-0.4, -0.2) is 47.9 Å². The number of nitrogens with zero attached hydrogens (tertiary/aromatic N) is 1. The lowest BCUT2D eigenvalue weighted by Crippen LogP contribution is -2.46. The van der Waals surface area contributed by atoms with Crippen LogP contribution in [0.5, 0.6) is 0 Å². The fourth-order valence-corrected chi connectivity index (χ4v) is 1.44. The van der Waals surface area contributed by atoms with Gasteiger partial charge in [-0.3, -0.25) is 30.1 Å². The molecule has 7 heteroatoms. The molecule has 0 aliphatic carbocycles. The Hall–Kier alpha value is -2.41. The summed E-state index contributed by atoms with van der Waals surface area (Å²) in [6, 6.07) is 8.47. The Morgan fingerprint density at radius 3 is 2.40 bits per heavy atom. The number of carbonyl (C=O) groups excluding carboxylic acids is 2. The minimum Gasteiger partial charge on any atom is -0.481 e. The molecule has 0 saturated heterocycles. The standard InChI is InChI=1S/C13H17N3O4/c1-16(8-7-12(18)19)9-11(17)14-15-13(20)10-5-3-2-4-6-10/h2-6H,7-9H2,1H3,(H,14,17)(H,15,20)(H,18,19). The molecule has 0 atom stereocenters. The third-order valence-corrected chi connectivity index (χ3v) is 2.47. The number of amides is 2. The minimum atomic E-state index is -0.922. The van der Waals surface area contributed by atoms with Crippen molar-refractivity contribution in [3.05, 3.63) is 35.9 Å². The molecule has 7 nitrogen and oxygen atoms in total. The van der Waals surface area contributed by atoms with Crippen molar-refractivity contribution in [3.63, 3.8) is 0 Å². The topological polar surface area (TPSA) is 98.7 Å². The van der Waals surface area contributed by atoms with Crippen LogP contribution in [0.4, 0.5) is 0 Å². The first-order chi connectivity index (χ1) is 9.49. The van der Waals surface area contributed by atoms with Gasteiger partial charge in [-0.25, -0.2) is 0 Å². The second kappa shape index (κ2) is 7.90. The molecular weight excluding hydrogens is 262 g/mol. The summed E-state index contributed by atoms with van der Waals surface area (Å²) in [6.07, 6.45) is -0.0415. The maximum absolute atomic E-state index is 11.6. The van der Waals surface area contributed by atoms with Crippen molar-refractivity contribution in [1.29, 1.82) is 0 Å². The second-order valence-corrected chi connectivity index (χ2v) is 4.25. The minimum absolute atomic E-state index is 0.00233. The van der Waals surface area contributed by atoms with Gasteiger partial charge >= 0.3 is 5.97 Å². The van der Waals surface area contributed by atoms with Gasteiger partial charge in [-0.1, -0.05) is 18.2 Å². The van der Waals surface area contributed by atoms with Gasteiger partial charge in [0.25, 0.3) is 11.8 Å². The lowest BCUT2D eigenvalue weighted by molar-refractivity contribution is -0.137. The molecule has 3 N–H and O–H groups in total. The molecule has 0 aromatic heterocycles. The Labute approximate surface area is 116 Å². The predicted octanol–water partition coefficient (Wildman–Crippen LogP) is -0.146. The van der Waals surface area contributed by atoms with Crippen molar-refractivity contribution < 1.29 is 19.5 Å². The first-order valence-electron chi connectivity index (χ1n) is 6.03. The van der Waals surface area contributed by atoms with Crippen LogP contribution in [0.15, 0.2) is 30.3 Å². The normalized spacial score (nSPS) is 10.1. The van der Waals surface area contributed by atoms with Crippen LogP contribution >= 0.6 is 0 Å². The average Bonchev–Trinajstić information content (AvgIpc) is 2.43. The van der Waals surface area contributed by atoms with E-state index in [1.165, 1.54) is 0 Å². The molecule has 0 bridgehead atoms. The Bertz CT molecular complexity index is 476. The van der Waals surface area contributed by atoms with E-state index in [0.29, 0.717) is 5.56 Å². The highest BCUT2D eigenvalue weighted by atomic mass is 16.4. The molecule has 0 heterocycles. The number of carbonyl (C=O) groups is 3. The molecule has 1 rings (SSSR count). The highest BCUT2D eigenvalue weighted by Gasteiger charge is 2.09. The summed E-state index contributed by atoms with van der Waals surface area (Å²) in [4.78, 5) is 35.1. The van der Waals surface area contributed by atoms with E-state index in [0.717, 1.165) is 0 Å².